The Morgan fingerprint density at radius 3 is 0.906 bits per heavy atom. The smallest absolute Gasteiger partial charge is 0.164 e. The summed E-state index contributed by atoms with van der Waals surface area (Å²) in [6, 6.07) is 84.3. The molecule has 0 amide bonds. The molecule has 0 fully saturated rings. The number of rotatable bonds is 7. The van der Waals surface area contributed by atoms with Crippen LogP contribution in [0.4, 0.5) is 0 Å². The predicted molar refractivity (Wildman–Crippen MR) is 268 cm³/mol. The van der Waals surface area contributed by atoms with Gasteiger partial charge in [-0.2, -0.15) is 0 Å². The summed E-state index contributed by atoms with van der Waals surface area (Å²) in [5.41, 5.74) is 11.9. The van der Waals surface area contributed by atoms with E-state index in [1.54, 1.807) is 0 Å². The molecule has 0 unspecified atom stereocenters. The molecule has 12 rings (SSSR count). The maximum Gasteiger partial charge on any atom is 0.164 e. The van der Waals surface area contributed by atoms with Gasteiger partial charge in [-0.1, -0.05) is 206 Å². The van der Waals surface area contributed by atoms with Crippen molar-refractivity contribution in [2.75, 3.05) is 0 Å². The van der Waals surface area contributed by atoms with Crippen LogP contribution < -0.4 is 0 Å². The summed E-state index contributed by atoms with van der Waals surface area (Å²) in [6.07, 6.45) is 0. The van der Waals surface area contributed by atoms with Crippen LogP contribution in [-0.2, 0) is 0 Å². The van der Waals surface area contributed by atoms with Crippen molar-refractivity contribution in [3.63, 3.8) is 0 Å². The fraction of sp³-hybridized carbons (Fsp3) is 0. The molecular weight excluding hydrogens is 775 g/mol. The first-order chi connectivity index (χ1) is 31.7. The van der Waals surface area contributed by atoms with E-state index in [9.17, 15) is 0 Å². The molecule has 64 heavy (non-hydrogen) atoms. The van der Waals surface area contributed by atoms with Crippen molar-refractivity contribution >= 4 is 43.1 Å². The van der Waals surface area contributed by atoms with E-state index in [4.69, 9.17) is 15.0 Å². The van der Waals surface area contributed by atoms with Crippen LogP contribution in [0.5, 0.6) is 0 Å². The van der Waals surface area contributed by atoms with Crippen molar-refractivity contribution in [2.45, 2.75) is 0 Å². The van der Waals surface area contributed by atoms with Gasteiger partial charge < -0.3 is 0 Å². The minimum atomic E-state index is 0.611. The Morgan fingerprint density at radius 1 is 0.188 bits per heavy atom. The standard InChI is InChI=1S/C61H39N3/c1-3-15-40(16-4-1)42-27-31-44(32-28-42)48-35-49(45-33-29-43(30-34-45)41-17-5-2-6-18-41)37-50(36-48)59-62-60(57-38-46-19-7-9-21-51(46)53-23-11-13-25-55(53)57)64-61(63-59)58-39-47-20-8-10-22-52(47)54-24-12-14-26-56(54)58/h1-39H. The lowest BCUT2D eigenvalue weighted by Crippen LogP contribution is -2.02. The normalized spacial score (nSPS) is 11.4. The summed E-state index contributed by atoms with van der Waals surface area (Å²) in [5.74, 6) is 1.87. The van der Waals surface area contributed by atoms with E-state index in [1.165, 1.54) is 33.0 Å². The first kappa shape index (κ1) is 37.2. The molecular formula is C61H39N3. The highest BCUT2D eigenvalue weighted by atomic mass is 15.0. The highest BCUT2D eigenvalue weighted by molar-refractivity contribution is 6.15. The maximum atomic E-state index is 5.45. The van der Waals surface area contributed by atoms with Gasteiger partial charge in [0.15, 0.2) is 17.5 Å². The number of nitrogens with zero attached hydrogens (tertiary/aromatic N) is 3. The SMILES string of the molecule is c1ccc(-c2ccc(-c3cc(-c4ccc(-c5ccccc5)cc4)cc(-c4nc(-c5cc6ccccc6c6ccccc56)nc(-c5cc6ccccc6c6ccccc56)n4)c3)cc2)cc1. The second-order valence-corrected chi connectivity index (χ2v) is 16.4. The lowest BCUT2D eigenvalue weighted by Gasteiger charge is -2.15. The second kappa shape index (κ2) is 15.7. The van der Waals surface area contributed by atoms with Gasteiger partial charge in [-0.25, -0.2) is 15.0 Å². The van der Waals surface area contributed by atoms with Crippen LogP contribution in [0.1, 0.15) is 0 Å². The zero-order valence-corrected chi connectivity index (χ0v) is 34.9. The van der Waals surface area contributed by atoms with Gasteiger partial charge in [0.05, 0.1) is 0 Å². The van der Waals surface area contributed by atoms with Gasteiger partial charge in [0.1, 0.15) is 0 Å². The Kier molecular flexibility index (Phi) is 9.16. The lowest BCUT2D eigenvalue weighted by atomic mass is 9.93. The van der Waals surface area contributed by atoms with Crippen LogP contribution in [0.15, 0.2) is 237 Å². The summed E-state index contributed by atoms with van der Waals surface area (Å²) in [4.78, 5) is 16.3. The molecule has 0 atom stereocenters. The van der Waals surface area contributed by atoms with E-state index in [-0.39, 0.29) is 0 Å². The number of fused-ring (bicyclic) bond motifs is 6. The van der Waals surface area contributed by atoms with Crippen LogP contribution in [0, 0.1) is 0 Å². The van der Waals surface area contributed by atoms with Crippen LogP contribution in [0.25, 0.3) is 122 Å². The van der Waals surface area contributed by atoms with Crippen LogP contribution in [0.3, 0.4) is 0 Å². The molecule has 0 aliphatic rings. The molecule has 0 bridgehead atoms. The van der Waals surface area contributed by atoms with Crippen molar-refractivity contribution in [3.05, 3.63) is 237 Å². The highest BCUT2D eigenvalue weighted by Crippen LogP contribution is 2.40. The third kappa shape index (κ3) is 6.77. The van der Waals surface area contributed by atoms with Gasteiger partial charge in [0, 0.05) is 16.7 Å². The Morgan fingerprint density at radius 2 is 0.484 bits per heavy atom. The molecule has 0 spiro atoms. The summed E-state index contributed by atoms with van der Waals surface area (Å²) in [7, 11) is 0. The number of aromatic nitrogens is 3. The quantitative estimate of drug-likeness (QED) is 0.150. The van der Waals surface area contributed by atoms with Crippen LogP contribution in [0.2, 0.25) is 0 Å². The van der Waals surface area contributed by atoms with Gasteiger partial charge in [-0.05, 0) is 118 Å². The molecule has 1 aromatic heterocycles. The first-order valence-corrected chi connectivity index (χ1v) is 21.8. The van der Waals surface area contributed by atoms with E-state index in [0.29, 0.717) is 17.5 Å². The predicted octanol–water partition coefficient (Wildman–Crippen LogP) is 16.2. The molecule has 0 saturated carbocycles. The van der Waals surface area contributed by atoms with Crippen molar-refractivity contribution < 1.29 is 0 Å². The van der Waals surface area contributed by atoms with Crippen molar-refractivity contribution in [1.29, 1.82) is 0 Å². The van der Waals surface area contributed by atoms with Gasteiger partial charge >= 0.3 is 0 Å². The van der Waals surface area contributed by atoms with Crippen molar-refractivity contribution in [2.24, 2.45) is 0 Å². The number of hydrogen-bond donors (Lipinski definition) is 0. The topological polar surface area (TPSA) is 38.7 Å². The molecule has 3 nitrogen and oxygen atoms in total. The third-order valence-corrected chi connectivity index (χ3v) is 12.5. The van der Waals surface area contributed by atoms with Crippen molar-refractivity contribution in [3.8, 4) is 78.7 Å². The summed E-state index contributed by atoms with van der Waals surface area (Å²) in [6.45, 7) is 0. The van der Waals surface area contributed by atoms with Crippen LogP contribution >= 0.6 is 0 Å². The van der Waals surface area contributed by atoms with Gasteiger partial charge in [-0.15, -0.1) is 0 Å². The van der Waals surface area contributed by atoms with E-state index >= 15 is 0 Å². The zero-order chi connectivity index (χ0) is 42.4. The van der Waals surface area contributed by atoms with E-state index in [2.05, 4.69) is 237 Å². The van der Waals surface area contributed by atoms with Crippen LogP contribution in [-0.4, -0.2) is 15.0 Å². The molecule has 0 saturated heterocycles. The zero-order valence-electron chi connectivity index (χ0n) is 34.9. The summed E-state index contributed by atoms with van der Waals surface area (Å²) < 4.78 is 0. The molecule has 3 heteroatoms. The fourth-order valence-electron chi connectivity index (χ4n) is 9.29. The minimum absolute atomic E-state index is 0.611. The highest BCUT2D eigenvalue weighted by Gasteiger charge is 2.19. The van der Waals surface area contributed by atoms with E-state index in [1.807, 2.05) is 0 Å². The second-order valence-electron chi connectivity index (χ2n) is 16.4. The van der Waals surface area contributed by atoms with E-state index in [0.717, 1.165) is 71.3 Å². The lowest BCUT2D eigenvalue weighted by molar-refractivity contribution is 1.08. The summed E-state index contributed by atoms with van der Waals surface area (Å²) >= 11 is 0. The molecule has 298 valence electrons. The third-order valence-electron chi connectivity index (χ3n) is 12.5. The Bertz CT molecular complexity index is 3450. The molecule has 0 aliphatic carbocycles. The monoisotopic (exact) mass is 813 g/mol. The average Bonchev–Trinajstić information content (AvgIpc) is 3.38. The largest absolute Gasteiger partial charge is 0.208 e. The van der Waals surface area contributed by atoms with E-state index < -0.39 is 0 Å². The number of benzene rings is 11. The van der Waals surface area contributed by atoms with Gasteiger partial charge in [0.25, 0.3) is 0 Å². The molecule has 11 aromatic carbocycles. The molecule has 1 heterocycles. The molecule has 0 N–H and O–H groups in total. The summed E-state index contributed by atoms with van der Waals surface area (Å²) in [5, 5.41) is 9.20. The molecule has 0 radical (unpaired) electrons. The Labute approximate surface area is 371 Å². The Hall–Kier alpha value is -8.53. The average molecular weight is 814 g/mol. The number of hydrogen-bond acceptors (Lipinski definition) is 3. The van der Waals surface area contributed by atoms with Gasteiger partial charge in [0.2, 0.25) is 0 Å². The molecule has 0 aliphatic heterocycles. The van der Waals surface area contributed by atoms with Crippen molar-refractivity contribution in [1.82, 2.24) is 15.0 Å². The first-order valence-electron chi connectivity index (χ1n) is 21.8. The van der Waals surface area contributed by atoms with Gasteiger partial charge in [-0.3, -0.25) is 0 Å². The Balaban J connectivity index is 1.10. The fourth-order valence-corrected chi connectivity index (χ4v) is 9.29. The molecule has 12 aromatic rings. The maximum absolute atomic E-state index is 5.45. The minimum Gasteiger partial charge on any atom is -0.208 e.